The van der Waals surface area contributed by atoms with E-state index in [4.69, 9.17) is 5.11 Å². The number of benzene rings is 1. The van der Waals surface area contributed by atoms with Crippen molar-refractivity contribution in [3.63, 3.8) is 0 Å². The van der Waals surface area contributed by atoms with Gasteiger partial charge in [-0.2, -0.15) is 0 Å². The predicted octanol–water partition coefficient (Wildman–Crippen LogP) is 4.09. The third-order valence-electron chi connectivity index (χ3n) is 3.16. The molecule has 0 aliphatic carbocycles. The van der Waals surface area contributed by atoms with Crippen LogP contribution in [-0.2, 0) is 6.42 Å². The van der Waals surface area contributed by atoms with E-state index in [9.17, 15) is 14.9 Å². The van der Waals surface area contributed by atoms with Crippen LogP contribution in [-0.4, -0.2) is 16.0 Å². The number of non-ortho nitro benzene ring substituents is 1. The highest BCUT2D eigenvalue weighted by Crippen LogP contribution is 2.27. The molecule has 0 atom stereocenters. The monoisotopic (exact) mass is 297 g/mol. The Morgan fingerprint density at radius 2 is 1.95 bits per heavy atom. The van der Waals surface area contributed by atoms with E-state index in [1.165, 1.54) is 12.5 Å². The highest BCUT2D eigenvalue weighted by Gasteiger charge is 2.18. The largest absolute Gasteiger partial charge is 0.478 e. The molecule has 5 nitrogen and oxygen atoms in total. The van der Waals surface area contributed by atoms with Gasteiger partial charge in [-0.15, -0.1) is 12.6 Å². The van der Waals surface area contributed by atoms with Crippen LogP contribution in [0.1, 0.15) is 54.9 Å². The molecule has 0 aliphatic rings. The van der Waals surface area contributed by atoms with Gasteiger partial charge in [0, 0.05) is 17.0 Å². The fraction of sp³-hybridized carbons (Fsp3) is 0.500. The number of carboxylic acids is 1. The minimum atomic E-state index is -1.19. The summed E-state index contributed by atoms with van der Waals surface area (Å²) in [7, 11) is 0. The lowest BCUT2D eigenvalue weighted by molar-refractivity contribution is -0.385. The molecule has 0 spiro atoms. The summed E-state index contributed by atoms with van der Waals surface area (Å²) in [4.78, 5) is 21.7. The summed E-state index contributed by atoms with van der Waals surface area (Å²) in [6.45, 7) is 2.13. The Balaban J connectivity index is 2.88. The Labute approximate surface area is 123 Å². The molecule has 0 amide bonds. The molecule has 0 heterocycles. The van der Waals surface area contributed by atoms with E-state index in [-0.39, 0.29) is 11.3 Å². The molecule has 1 aromatic carbocycles. The van der Waals surface area contributed by atoms with Crippen LogP contribution in [0, 0.1) is 10.1 Å². The third-order valence-corrected chi connectivity index (χ3v) is 3.69. The molecular weight excluding hydrogens is 278 g/mol. The van der Waals surface area contributed by atoms with Crippen LogP contribution >= 0.6 is 12.6 Å². The van der Waals surface area contributed by atoms with Crippen molar-refractivity contribution >= 4 is 24.3 Å². The van der Waals surface area contributed by atoms with Crippen LogP contribution in [0.2, 0.25) is 0 Å². The molecule has 0 aliphatic heterocycles. The molecular formula is C14H19NO4S. The lowest BCUT2D eigenvalue weighted by atomic mass is 10.0. The average molecular weight is 297 g/mol. The number of nitrogens with zero attached hydrogens (tertiary/aromatic N) is 1. The first-order chi connectivity index (χ1) is 9.47. The first kappa shape index (κ1) is 16.5. The fourth-order valence-electron chi connectivity index (χ4n) is 2.06. The van der Waals surface area contributed by atoms with E-state index >= 15 is 0 Å². The molecule has 0 bridgehead atoms. The molecule has 0 fully saturated rings. The van der Waals surface area contributed by atoms with Crippen molar-refractivity contribution < 1.29 is 14.8 Å². The minimum Gasteiger partial charge on any atom is -0.478 e. The molecule has 0 saturated carbocycles. The summed E-state index contributed by atoms with van der Waals surface area (Å²) < 4.78 is 0. The van der Waals surface area contributed by atoms with Gasteiger partial charge in [-0.25, -0.2) is 4.79 Å². The lowest BCUT2D eigenvalue weighted by Crippen LogP contribution is -2.03. The topological polar surface area (TPSA) is 80.4 Å². The predicted molar refractivity (Wildman–Crippen MR) is 79.8 cm³/mol. The number of unbranched alkanes of at least 4 members (excludes halogenated alkanes) is 4. The van der Waals surface area contributed by atoms with E-state index in [0.717, 1.165) is 31.7 Å². The average Bonchev–Trinajstić information content (AvgIpc) is 2.39. The van der Waals surface area contributed by atoms with Crippen molar-refractivity contribution in [2.24, 2.45) is 0 Å². The van der Waals surface area contributed by atoms with Crippen LogP contribution in [0.5, 0.6) is 0 Å². The number of hydrogen-bond acceptors (Lipinski definition) is 4. The number of rotatable bonds is 8. The Morgan fingerprint density at radius 1 is 1.30 bits per heavy atom. The molecule has 0 radical (unpaired) electrons. The Bertz CT molecular complexity index is 502. The molecule has 1 aromatic rings. The fourth-order valence-corrected chi connectivity index (χ4v) is 2.39. The highest BCUT2D eigenvalue weighted by atomic mass is 32.1. The lowest BCUT2D eigenvalue weighted by Gasteiger charge is -2.08. The number of carboxylic acid groups (broad SMARTS) is 1. The van der Waals surface area contributed by atoms with E-state index in [0.29, 0.717) is 16.9 Å². The van der Waals surface area contributed by atoms with Crippen molar-refractivity contribution in [3.8, 4) is 0 Å². The zero-order valence-electron chi connectivity index (χ0n) is 11.5. The van der Waals surface area contributed by atoms with Gasteiger partial charge in [0.05, 0.1) is 10.5 Å². The van der Waals surface area contributed by atoms with Crippen molar-refractivity contribution in [2.45, 2.75) is 50.3 Å². The van der Waals surface area contributed by atoms with Crippen LogP contribution < -0.4 is 0 Å². The molecule has 0 aromatic heterocycles. The maximum absolute atomic E-state index is 11.1. The number of aromatic carboxylic acids is 1. The molecule has 1 N–H and O–H groups in total. The van der Waals surface area contributed by atoms with Gasteiger partial charge in [0.25, 0.3) is 5.69 Å². The Morgan fingerprint density at radius 3 is 2.50 bits per heavy atom. The molecule has 110 valence electrons. The summed E-state index contributed by atoms with van der Waals surface area (Å²) >= 11 is 4.21. The van der Waals surface area contributed by atoms with Crippen LogP contribution in [0.25, 0.3) is 0 Å². The normalized spacial score (nSPS) is 10.5. The van der Waals surface area contributed by atoms with Crippen LogP contribution in [0.3, 0.4) is 0 Å². The summed E-state index contributed by atoms with van der Waals surface area (Å²) in [5.74, 6) is -1.19. The smallest absolute Gasteiger partial charge is 0.337 e. The second-order valence-corrected chi connectivity index (χ2v) is 5.17. The number of carbonyl (C=O) groups is 1. The Kier molecular flexibility index (Phi) is 6.51. The minimum absolute atomic E-state index is 0.105. The van der Waals surface area contributed by atoms with Gasteiger partial charge in [-0.05, 0) is 18.4 Å². The van der Waals surface area contributed by atoms with Gasteiger partial charge in [0.1, 0.15) is 0 Å². The van der Waals surface area contributed by atoms with Crippen LogP contribution in [0.15, 0.2) is 17.0 Å². The number of aryl methyl sites for hydroxylation is 1. The molecule has 0 saturated heterocycles. The summed E-state index contributed by atoms with van der Waals surface area (Å²) in [6, 6.07) is 2.49. The van der Waals surface area contributed by atoms with E-state index in [2.05, 4.69) is 19.6 Å². The van der Waals surface area contributed by atoms with Crippen molar-refractivity contribution in [1.29, 1.82) is 0 Å². The number of hydrogen-bond donors (Lipinski definition) is 2. The maximum atomic E-state index is 11.1. The quantitative estimate of drug-likeness (QED) is 0.328. The molecule has 1 rings (SSSR count). The van der Waals surface area contributed by atoms with Gasteiger partial charge in [-0.1, -0.05) is 32.6 Å². The van der Waals surface area contributed by atoms with Gasteiger partial charge in [-0.3, -0.25) is 10.1 Å². The summed E-state index contributed by atoms with van der Waals surface area (Å²) in [5, 5.41) is 19.9. The van der Waals surface area contributed by atoms with E-state index in [1.807, 2.05) is 0 Å². The third kappa shape index (κ3) is 4.52. The van der Waals surface area contributed by atoms with E-state index in [1.54, 1.807) is 0 Å². The number of nitro benzene ring substituents is 1. The summed E-state index contributed by atoms with van der Waals surface area (Å²) in [6.07, 6.45) is 5.98. The van der Waals surface area contributed by atoms with Gasteiger partial charge < -0.3 is 5.11 Å². The molecule has 20 heavy (non-hydrogen) atoms. The highest BCUT2D eigenvalue weighted by molar-refractivity contribution is 7.80. The Hall–Kier alpha value is -1.56. The second-order valence-electron chi connectivity index (χ2n) is 4.73. The van der Waals surface area contributed by atoms with Gasteiger partial charge >= 0.3 is 5.97 Å². The standard InChI is InChI=1S/C14H19NO4S/c1-2-3-4-5-6-7-10-8-11(15(18)19)9-12(13(10)20)14(16)17/h8-9,20H,2-7H2,1H3,(H,16,17). The SMILES string of the molecule is CCCCCCCc1cc([N+](=O)[O-])cc(C(=O)O)c1S. The number of thiol groups is 1. The molecule has 0 unspecified atom stereocenters. The van der Waals surface area contributed by atoms with E-state index < -0.39 is 10.9 Å². The summed E-state index contributed by atoms with van der Waals surface area (Å²) in [5.41, 5.74) is 0.339. The zero-order chi connectivity index (χ0) is 15.1. The molecule has 6 heteroatoms. The number of nitro groups is 1. The van der Waals surface area contributed by atoms with Crippen molar-refractivity contribution in [1.82, 2.24) is 0 Å². The maximum Gasteiger partial charge on any atom is 0.337 e. The van der Waals surface area contributed by atoms with Gasteiger partial charge in [0.15, 0.2) is 0 Å². The van der Waals surface area contributed by atoms with Crippen molar-refractivity contribution in [2.75, 3.05) is 0 Å². The first-order valence-electron chi connectivity index (χ1n) is 6.71. The first-order valence-corrected chi connectivity index (χ1v) is 7.15. The van der Waals surface area contributed by atoms with Gasteiger partial charge in [0.2, 0.25) is 0 Å². The van der Waals surface area contributed by atoms with Crippen molar-refractivity contribution in [3.05, 3.63) is 33.4 Å². The van der Waals surface area contributed by atoms with Crippen LogP contribution in [0.4, 0.5) is 5.69 Å². The zero-order valence-corrected chi connectivity index (χ0v) is 12.4. The second kappa shape index (κ2) is 7.89.